The van der Waals surface area contributed by atoms with E-state index in [1.807, 2.05) is 0 Å². The summed E-state index contributed by atoms with van der Waals surface area (Å²) in [6.07, 6.45) is 14.7. The van der Waals surface area contributed by atoms with Crippen molar-refractivity contribution in [2.24, 2.45) is 5.92 Å². The lowest BCUT2D eigenvalue weighted by Gasteiger charge is -2.44. The summed E-state index contributed by atoms with van der Waals surface area (Å²) in [4.78, 5) is 2.84. The van der Waals surface area contributed by atoms with Gasteiger partial charge in [-0.2, -0.15) is 0 Å². The molecule has 0 aromatic heterocycles. The molecule has 2 unspecified atom stereocenters. The van der Waals surface area contributed by atoms with Gasteiger partial charge in [-0.05, 0) is 51.1 Å². The fourth-order valence-corrected chi connectivity index (χ4v) is 3.75. The highest BCUT2D eigenvalue weighted by atomic mass is 15.2. The molecule has 2 atom stereocenters. The van der Waals surface area contributed by atoms with Gasteiger partial charge in [0.15, 0.2) is 0 Å². The standard InChI is InChI=1S/C15H29N/c1-2-3-4-7-12-16-13-8-10-14-9-5-6-11-15(14)16/h14-15H,2-13H2,1H3. The van der Waals surface area contributed by atoms with Gasteiger partial charge in [0.05, 0.1) is 0 Å². The van der Waals surface area contributed by atoms with E-state index in [9.17, 15) is 0 Å². The smallest absolute Gasteiger partial charge is 0.0123 e. The molecule has 0 amide bonds. The van der Waals surface area contributed by atoms with E-state index in [1.165, 1.54) is 77.3 Å². The zero-order valence-corrected chi connectivity index (χ0v) is 11.1. The quantitative estimate of drug-likeness (QED) is 0.631. The fourth-order valence-electron chi connectivity index (χ4n) is 3.75. The zero-order valence-electron chi connectivity index (χ0n) is 11.1. The van der Waals surface area contributed by atoms with Gasteiger partial charge in [-0.25, -0.2) is 0 Å². The van der Waals surface area contributed by atoms with Gasteiger partial charge in [0.2, 0.25) is 0 Å². The fraction of sp³-hybridized carbons (Fsp3) is 1.00. The van der Waals surface area contributed by atoms with Gasteiger partial charge in [-0.1, -0.05) is 39.0 Å². The molecule has 2 aliphatic rings. The molecule has 1 saturated carbocycles. The molecule has 1 aliphatic carbocycles. The minimum absolute atomic E-state index is 0.976. The van der Waals surface area contributed by atoms with Crippen molar-refractivity contribution >= 4 is 0 Å². The Bertz CT molecular complexity index is 188. The molecule has 0 radical (unpaired) electrons. The molecular formula is C15H29N. The van der Waals surface area contributed by atoms with Crippen molar-refractivity contribution in [3.05, 3.63) is 0 Å². The lowest BCUT2D eigenvalue weighted by molar-refractivity contribution is 0.0595. The number of rotatable bonds is 5. The van der Waals surface area contributed by atoms with E-state index in [1.54, 1.807) is 0 Å². The van der Waals surface area contributed by atoms with Crippen molar-refractivity contribution < 1.29 is 0 Å². The largest absolute Gasteiger partial charge is 0.300 e. The SMILES string of the molecule is CCCCCCN1CCCC2CCCCC21. The Morgan fingerprint density at radius 3 is 2.62 bits per heavy atom. The summed E-state index contributed by atoms with van der Waals surface area (Å²) in [6, 6.07) is 0.976. The van der Waals surface area contributed by atoms with Crippen LogP contribution in [0.5, 0.6) is 0 Å². The third-order valence-corrected chi connectivity index (χ3v) is 4.66. The first-order chi connectivity index (χ1) is 7.92. The highest BCUT2D eigenvalue weighted by molar-refractivity contribution is 4.87. The van der Waals surface area contributed by atoms with Crippen LogP contribution in [0, 0.1) is 5.92 Å². The molecule has 1 saturated heterocycles. The van der Waals surface area contributed by atoms with E-state index >= 15 is 0 Å². The molecular weight excluding hydrogens is 194 g/mol. The molecule has 1 aliphatic heterocycles. The molecule has 1 heterocycles. The Balaban J connectivity index is 1.74. The van der Waals surface area contributed by atoms with Gasteiger partial charge < -0.3 is 4.90 Å². The average Bonchev–Trinajstić information content (AvgIpc) is 2.35. The summed E-state index contributed by atoms with van der Waals surface area (Å²) in [6.45, 7) is 5.09. The van der Waals surface area contributed by atoms with E-state index in [4.69, 9.17) is 0 Å². The molecule has 1 nitrogen and oxygen atoms in total. The van der Waals surface area contributed by atoms with E-state index < -0.39 is 0 Å². The van der Waals surface area contributed by atoms with Crippen molar-refractivity contribution in [2.75, 3.05) is 13.1 Å². The minimum atomic E-state index is 0.976. The van der Waals surface area contributed by atoms with Crippen LogP contribution in [-0.4, -0.2) is 24.0 Å². The predicted molar refractivity (Wildman–Crippen MR) is 70.7 cm³/mol. The Kier molecular flexibility index (Phi) is 5.15. The molecule has 16 heavy (non-hydrogen) atoms. The van der Waals surface area contributed by atoms with E-state index in [-0.39, 0.29) is 0 Å². The summed E-state index contributed by atoms with van der Waals surface area (Å²) in [5.74, 6) is 1.06. The Hall–Kier alpha value is -0.0400. The average molecular weight is 223 g/mol. The molecule has 2 fully saturated rings. The van der Waals surface area contributed by atoms with Gasteiger partial charge >= 0.3 is 0 Å². The number of unbranched alkanes of at least 4 members (excludes halogenated alkanes) is 3. The van der Waals surface area contributed by atoms with Gasteiger partial charge in [0, 0.05) is 6.04 Å². The number of fused-ring (bicyclic) bond motifs is 1. The topological polar surface area (TPSA) is 3.24 Å². The Morgan fingerprint density at radius 1 is 0.938 bits per heavy atom. The van der Waals surface area contributed by atoms with Crippen LogP contribution in [0.1, 0.15) is 71.1 Å². The highest BCUT2D eigenvalue weighted by Crippen LogP contribution is 2.35. The summed E-state index contributed by atoms with van der Waals surface area (Å²) in [7, 11) is 0. The normalized spacial score (nSPS) is 31.3. The molecule has 2 rings (SSSR count). The van der Waals surface area contributed by atoms with Crippen LogP contribution in [-0.2, 0) is 0 Å². The van der Waals surface area contributed by atoms with Gasteiger partial charge in [-0.3, -0.25) is 0 Å². The molecule has 94 valence electrons. The van der Waals surface area contributed by atoms with Crippen molar-refractivity contribution in [3.8, 4) is 0 Å². The van der Waals surface area contributed by atoms with Gasteiger partial charge in [0.1, 0.15) is 0 Å². The molecule has 0 N–H and O–H groups in total. The summed E-state index contributed by atoms with van der Waals surface area (Å²) in [5, 5.41) is 0. The third-order valence-electron chi connectivity index (χ3n) is 4.66. The second kappa shape index (κ2) is 6.64. The van der Waals surface area contributed by atoms with E-state index in [0.717, 1.165) is 12.0 Å². The molecule has 1 heteroatoms. The summed E-state index contributed by atoms with van der Waals surface area (Å²) in [5.41, 5.74) is 0. The first-order valence-corrected chi connectivity index (χ1v) is 7.66. The maximum Gasteiger partial charge on any atom is 0.0123 e. The first kappa shape index (κ1) is 12.4. The summed E-state index contributed by atoms with van der Waals surface area (Å²) >= 11 is 0. The van der Waals surface area contributed by atoms with Crippen LogP contribution >= 0.6 is 0 Å². The highest BCUT2D eigenvalue weighted by Gasteiger charge is 2.32. The van der Waals surface area contributed by atoms with Crippen molar-refractivity contribution in [1.82, 2.24) is 4.90 Å². The number of piperidine rings is 1. The Labute approximate surface area is 102 Å². The molecule has 0 bridgehead atoms. The second-order valence-corrected chi connectivity index (χ2v) is 5.85. The van der Waals surface area contributed by atoms with Crippen LogP contribution in [0.15, 0.2) is 0 Å². The van der Waals surface area contributed by atoms with Crippen molar-refractivity contribution in [3.63, 3.8) is 0 Å². The maximum atomic E-state index is 2.84. The monoisotopic (exact) mass is 223 g/mol. The van der Waals surface area contributed by atoms with Crippen LogP contribution < -0.4 is 0 Å². The van der Waals surface area contributed by atoms with Gasteiger partial charge in [0.25, 0.3) is 0 Å². The number of hydrogen-bond acceptors (Lipinski definition) is 1. The second-order valence-electron chi connectivity index (χ2n) is 5.85. The van der Waals surface area contributed by atoms with E-state index in [0.29, 0.717) is 0 Å². The molecule has 0 aromatic rings. The third kappa shape index (κ3) is 3.23. The lowest BCUT2D eigenvalue weighted by atomic mass is 9.78. The summed E-state index contributed by atoms with van der Waals surface area (Å²) < 4.78 is 0. The molecule has 0 spiro atoms. The van der Waals surface area contributed by atoms with E-state index in [2.05, 4.69) is 11.8 Å². The number of hydrogen-bond donors (Lipinski definition) is 0. The maximum absolute atomic E-state index is 2.84. The van der Waals surface area contributed by atoms with Crippen LogP contribution in [0.3, 0.4) is 0 Å². The first-order valence-electron chi connectivity index (χ1n) is 7.66. The number of nitrogens with zero attached hydrogens (tertiary/aromatic N) is 1. The number of likely N-dealkylation sites (tertiary alicyclic amines) is 1. The van der Waals surface area contributed by atoms with Gasteiger partial charge in [-0.15, -0.1) is 0 Å². The lowest BCUT2D eigenvalue weighted by Crippen LogP contribution is -2.46. The Morgan fingerprint density at radius 2 is 1.75 bits per heavy atom. The van der Waals surface area contributed by atoms with Crippen LogP contribution in [0.25, 0.3) is 0 Å². The van der Waals surface area contributed by atoms with Crippen LogP contribution in [0.4, 0.5) is 0 Å². The predicted octanol–water partition coefficient (Wildman–Crippen LogP) is 4.22. The molecule has 0 aromatic carbocycles. The van der Waals surface area contributed by atoms with Crippen molar-refractivity contribution in [1.29, 1.82) is 0 Å². The van der Waals surface area contributed by atoms with Crippen molar-refractivity contribution in [2.45, 2.75) is 77.2 Å². The van der Waals surface area contributed by atoms with Crippen LogP contribution in [0.2, 0.25) is 0 Å². The zero-order chi connectivity index (χ0) is 11.2. The minimum Gasteiger partial charge on any atom is -0.300 e.